The largest absolute Gasteiger partial charge is 0.278 e. The van der Waals surface area contributed by atoms with Gasteiger partial charge in [-0.25, -0.2) is 4.98 Å². The molecule has 39 heavy (non-hydrogen) atoms. The van der Waals surface area contributed by atoms with E-state index >= 15 is 0 Å². The van der Waals surface area contributed by atoms with Gasteiger partial charge in [0.15, 0.2) is 11.6 Å². The van der Waals surface area contributed by atoms with Gasteiger partial charge in [0, 0.05) is 21.9 Å². The van der Waals surface area contributed by atoms with Crippen LogP contribution in [0.4, 0.5) is 0 Å². The van der Waals surface area contributed by atoms with E-state index in [9.17, 15) is 0 Å². The van der Waals surface area contributed by atoms with Crippen molar-refractivity contribution in [3.8, 4) is 28.7 Å². The van der Waals surface area contributed by atoms with E-state index in [1.165, 1.54) is 21.9 Å². The van der Waals surface area contributed by atoms with Gasteiger partial charge in [-0.2, -0.15) is 9.97 Å². The molecule has 0 saturated heterocycles. The Hall–Kier alpha value is -4.83. The van der Waals surface area contributed by atoms with Gasteiger partial charge in [-0.3, -0.25) is 4.57 Å². The lowest BCUT2D eigenvalue weighted by Crippen LogP contribution is -2.06. The van der Waals surface area contributed by atoms with Gasteiger partial charge in [0.05, 0.1) is 11.0 Å². The van der Waals surface area contributed by atoms with Crippen molar-refractivity contribution in [3.63, 3.8) is 0 Å². The molecule has 2 aromatic heterocycles. The number of fused-ring (bicyclic) bond motifs is 3. The van der Waals surface area contributed by atoms with Gasteiger partial charge < -0.3 is 0 Å². The molecule has 4 aromatic carbocycles. The molecule has 0 unspecified atom stereocenters. The Morgan fingerprint density at radius 2 is 1.18 bits per heavy atom. The normalized spacial score (nSPS) is 11.6. The first-order valence-corrected chi connectivity index (χ1v) is 13.5. The molecule has 0 saturated carbocycles. The summed E-state index contributed by atoms with van der Waals surface area (Å²) in [5, 5.41) is 2.33. The summed E-state index contributed by atoms with van der Waals surface area (Å²) in [5.74, 6) is 1.90. The molecule has 0 fully saturated rings. The number of para-hydroxylation sites is 1. The molecule has 6 aromatic rings. The van der Waals surface area contributed by atoms with Crippen molar-refractivity contribution in [2.24, 2.45) is 0 Å². The molecule has 0 aliphatic heterocycles. The van der Waals surface area contributed by atoms with Crippen molar-refractivity contribution < 1.29 is 0 Å². The molecule has 0 radical (unpaired) electrons. The first-order chi connectivity index (χ1) is 19.3. The lowest BCUT2D eigenvalue weighted by atomic mass is 10.0. The number of benzene rings is 4. The van der Waals surface area contributed by atoms with Crippen LogP contribution in [0.15, 0.2) is 121 Å². The molecule has 4 heteroatoms. The molecule has 192 valence electrons. The molecule has 0 amide bonds. The zero-order valence-electron chi connectivity index (χ0n) is 22.8. The van der Waals surface area contributed by atoms with E-state index in [1.54, 1.807) is 0 Å². The van der Waals surface area contributed by atoms with Gasteiger partial charge in [0.25, 0.3) is 0 Å². The predicted molar refractivity (Wildman–Crippen MR) is 165 cm³/mol. The Morgan fingerprint density at radius 3 is 1.77 bits per heavy atom. The highest BCUT2D eigenvalue weighted by atomic mass is 15.2. The van der Waals surface area contributed by atoms with Crippen LogP contribution >= 0.6 is 0 Å². The summed E-state index contributed by atoms with van der Waals surface area (Å²) >= 11 is 0. The second-order valence-electron chi connectivity index (χ2n) is 8.84. The van der Waals surface area contributed by atoms with Crippen molar-refractivity contribution in [2.75, 3.05) is 0 Å². The van der Waals surface area contributed by atoms with Gasteiger partial charge >= 0.3 is 0 Å². The minimum atomic E-state index is 0.603. The lowest BCUT2D eigenvalue weighted by Gasteiger charge is -2.11. The average molecular weight is 509 g/mol. The summed E-state index contributed by atoms with van der Waals surface area (Å²) < 4.78 is 2.15. The van der Waals surface area contributed by atoms with Crippen molar-refractivity contribution in [1.82, 2.24) is 19.5 Å². The van der Waals surface area contributed by atoms with Crippen LogP contribution in [0.25, 0.3) is 56.1 Å². The summed E-state index contributed by atoms with van der Waals surface area (Å²) in [6, 6.07) is 35.2. The Kier molecular flexibility index (Phi) is 7.74. The Labute approximate surface area is 230 Å². The maximum Gasteiger partial charge on any atom is 0.238 e. The van der Waals surface area contributed by atoms with Gasteiger partial charge in [-0.05, 0) is 43.2 Å². The topological polar surface area (TPSA) is 43.6 Å². The number of hydrogen-bond donors (Lipinski definition) is 0. The van der Waals surface area contributed by atoms with Crippen LogP contribution in [-0.4, -0.2) is 19.5 Å². The third kappa shape index (κ3) is 5.01. The summed E-state index contributed by atoms with van der Waals surface area (Å²) in [7, 11) is 0. The van der Waals surface area contributed by atoms with Crippen LogP contribution in [0.1, 0.15) is 33.3 Å². The van der Waals surface area contributed by atoms with E-state index in [1.807, 2.05) is 81.4 Å². The Morgan fingerprint density at radius 1 is 0.615 bits per heavy atom. The van der Waals surface area contributed by atoms with E-state index in [2.05, 4.69) is 72.2 Å². The minimum absolute atomic E-state index is 0.603. The molecular formula is C35H32N4. The van der Waals surface area contributed by atoms with Gasteiger partial charge in [-0.1, -0.05) is 117 Å². The summed E-state index contributed by atoms with van der Waals surface area (Å²) in [4.78, 5) is 14.8. The second kappa shape index (κ2) is 11.7. The first kappa shape index (κ1) is 25.8. The highest BCUT2D eigenvalue weighted by molar-refractivity contribution is 6.10. The smallest absolute Gasteiger partial charge is 0.238 e. The predicted octanol–water partition coefficient (Wildman–Crippen LogP) is 9.31. The van der Waals surface area contributed by atoms with E-state index in [0.29, 0.717) is 17.6 Å². The molecule has 0 aliphatic rings. The zero-order valence-corrected chi connectivity index (χ0v) is 22.8. The van der Waals surface area contributed by atoms with Crippen LogP contribution in [0.2, 0.25) is 0 Å². The van der Waals surface area contributed by atoms with Gasteiger partial charge in [0.2, 0.25) is 5.95 Å². The van der Waals surface area contributed by atoms with Crippen LogP contribution in [0.3, 0.4) is 0 Å². The van der Waals surface area contributed by atoms with Crippen LogP contribution in [0.5, 0.6) is 0 Å². The average Bonchev–Trinajstić information content (AvgIpc) is 3.35. The van der Waals surface area contributed by atoms with E-state index in [4.69, 9.17) is 15.0 Å². The van der Waals surface area contributed by atoms with Crippen LogP contribution in [0, 0.1) is 0 Å². The number of aromatic nitrogens is 4. The highest BCUT2D eigenvalue weighted by Crippen LogP contribution is 2.34. The molecule has 6 rings (SSSR count). The molecule has 0 atom stereocenters. The fourth-order valence-corrected chi connectivity index (χ4v) is 4.80. The van der Waals surface area contributed by atoms with Crippen LogP contribution in [-0.2, 0) is 0 Å². The Balaban J connectivity index is 0.00000151. The molecule has 2 heterocycles. The van der Waals surface area contributed by atoms with E-state index in [-0.39, 0.29) is 0 Å². The lowest BCUT2D eigenvalue weighted by molar-refractivity contribution is 0.953. The van der Waals surface area contributed by atoms with Gasteiger partial charge in [0.1, 0.15) is 0 Å². The highest BCUT2D eigenvalue weighted by Gasteiger charge is 2.18. The standard InChI is InChI=1S/C33H26N4.C2H6/c1-3-13-23(4-2)26-20-21-30-28(22-26)27-18-11-12-19-29(27)37(30)33-35-31(24-14-7-5-8-15-24)34-32(36-33)25-16-9-6-10-17-25;1-2/h3-22H,1-2H3;1-2H3/b13-3-,23-4+;. The minimum Gasteiger partial charge on any atom is -0.278 e. The fourth-order valence-electron chi connectivity index (χ4n) is 4.80. The SMILES string of the molecule is C/C=C\C(=C/C)c1ccc2c(c1)c1ccccc1n2-c1nc(-c2ccccc2)nc(-c2ccccc2)n1.CC. The van der Waals surface area contributed by atoms with Crippen LogP contribution < -0.4 is 0 Å². The van der Waals surface area contributed by atoms with Crippen molar-refractivity contribution in [1.29, 1.82) is 0 Å². The molecule has 4 nitrogen and oxygen atoms in total. The zero-order chi connectivity index (χ0) is 27.2. The van der Waals surface area contributed by atoms with Crippen molar-refractivity contribution in [2.45, 2.75) is 27.7 Å². The molecule has 0 spiro atoms. The third-order valence-electron chi connectivity index (χ3n) is 6.55. The fraction of sp³-hybridized carbons (Fsp3) is 0.114. The summed E-state index contributed by atoms with van der Waals surface area (Å²) in [6.07, 6.45) is 6.36. The summed E-state index contributed by atoms with van der Waals surface area (Å²) in [5.41, 5.74) is 6.41. The number of rotatable bonds is 5. The Bertz CT molecular complexity index is 1720. The number of hydrogen-bond acceptors (Lipinski definition) is 3. The quantitative estimate of drug-likeness (QED) is 0.218. The molecular weight excluding hydrogens is 476 g/mol. The molecule has 0 N–H and O–H groups in total. The monoisotopic (exact) mass is 508 g/mol. The van der Waals surface area contributed by atoms with E-state index in [0.717, 1.165) is 22.2 Å². The maximum atomic E-state index is 4.99. The molecule has 0 bridgehead atoms. The summed E-state index contributed by atoms with van der Waals surface area (Å²) in [6.45, 7) is 8.12. The van der Waals surface area contributed by atoms with Crippen molar-refractivity contribution >= 4 is 27.4 Å². The molecule has 0 aliphatic carbocycles. The maximum absolute atomic E-state index is 4.99. The van der Waals surface area contributed by atoms with Crippen molar-refractivity contribution in [3.05, 3.63) is 127 Å². The second-order valence-corrected chi connectivity index (χ2v) is 8.84. The number of nitrogens with zero attached hydrogens (tertiary/aromatic N) is 4. The first-order valence-electron chi connectivity index (χ1n) is 13.5. The van der Waals surface area contributed by atoms with E-state index < -0.39 is 0 Å². The number of allylic oxidation sites excluding steroid dienone is 4. The van der Waals surface area contributed by atoms with Gasteiger partial charge in [-0.15, -0.1) is 0 Å². The third-order valence-corrected chi connectivity index (χ3v) is 6.55.